The van der Waals surface area contributed by atoms with Crippen molar-refractivity contribution in [1.82, 2.24) is 9.88 Å². The molecule has 4 atom stereocenters. The molecule has 1 aliphatic heterocycles. The number of nitrogens with one attached hydrogen (secondary N) is 1. The number of aromatic nitrogens is 1. The molecule has 0 unspecified atom stereocenters. The van der Waals surface area contributed by atoms with E-state index < -0.39 is 53.0 Å². The van der Waals surface area contributed by atoms with E-state index in [9.17, 15) is 31.5 Å². The Kier molecular flexibility index (Phi) is 8.32. The molecule has 0 saturated carbocycles. The summed E-state index contributed by atoms with van der Waals surface area (Å²) in [6.07, 6.45) is -5.32. The second-order valence-corrected chi connectivity index (χ2v) is 9.52. The van der Waals surface area contributed by atoms with E-state index in [0.717, 1.165) is 26.2 Å². The largest absolute Gasteiger partial charge is 0.493 e. The molecular formula is C25H29F5N4O4. The first-order valence-corrected chi connectivity index (χ1v) is 11.6. The lowest BCUT2D eigenvalue weighted by atomic mass is 9.77. The fourth-order valence-corrected chi connectivity index (χ4v) is 4.44. The molecular weight excluding hydrogens is 515 g/mol. The third kappa shape index (κ3) is 5.44. The fourth-order valence-electron chi connectivity index (χ4n) is 4.44. The molecule has 2 heterocycles. The fraction of sp³-hybridized carbons (Fsp3) is 0.480. The molecule has 1 N–H and O–H groups in total. The van der Waals surface area contributed by atoms with Gasteiger partial charge in [0.2, 0.25) is 11.7 Å². The van der Waals surface area contributed by atoms with Gasteiger partial charge in [0.15, 0.2) is 17.2 Å². The summed E-state index contributed by atoms with van der Waals surface area (Å²) in [5.41, 5.74) is -2.79. The quantitative estimate of drug-likeness (QED) is 0.532. The van der Waals surface area contributed by atoms with Crippen LogP contribution in [0.15, 0.2) is 30.5 Å². The van der Waals surface area contributed by atoms with Gasteiger partial charge in [0.25, 0.3) is 5.91 Å². The number of rotatable bonds is 7. The van der Waals surface area contributed by atoms with Gasteiger partial charge in [-0.05, 0) is 33.2 Å². The number of hydrogen-bond donors (Lipinski definition) is 1. The summed E-state index contributed by atoms with van der Waals surface area (Å²) in [7, 11) is 5.96. The second-order valence-electron chi connectivity index (χ2n) is 9.52. The van der Waals surface area contributed by atoms with Gasteiger partial charge < -0.3 is 19.7 Å². The average Bonchev–Trinajstić information content (AvgIpc) is 3.11. The van der Waals surface area contributed by atoms with E-state index >= 15 is 0 Å². The van der Waals surface area contributed by atoms with Crippen molar-refractivity contribution >= 4 is 23.3 Å². The molecule has 13 heteroatoms. The Morgan fingerprint density at radius 3 is 2.42 bits per heavy atom. The predicted octanol–water partition coefficient (Wildman–Crippen LogP) is 3.97. The summed E-state index contributed by atoms with van der Waals surface area (Å²) >= 11 is 0. The van der Waals surface area contributed by atoms with Gasteiger partial charge in [-0.15, -0.1) is 0 Å². The Hall–Kier alpha value is -3.32. The summed E-state index contributed by atoms with van der Waals surface area (Å²) in [6.45, 7) is 2.12. The highest BCUT2D eigenvalue weighted by atomic mass is 19.4. The summed E-state index contributed by atoms with van der Waals surface area (Å²) in [5, 5.41) is 2.50. The molecule has 1 aromatic heterocycles. The molecule has 1 aliphatic rings. The first kappa shape index (κ1) is 29.2. The minimum atomic E-state index is -4.88. The van der Waals surface area contributed by atoms with E-state index in [0.29, 0.717) is 0 Å². The lowest BCUT2D eigenvalue weighted by Crippen LogP contribution is -2.47. The van der Waals surface area contributed by atoms with Crippen LogP contribution in [0.25, 0.3) is 0 Å². The van der Waals surface area contributed by atoms with Crippen LogP contribution in [0, 0.1) is 17.6 Å². The van der Waals surface area contributed by atoms with Crippen molar-refractivity contribution in [3.63, 3.8) is 0 Å². The summed E-state index contributed by atoms with van der Waals surface area (Å²) in [5.74, 6) is -7.05. The van der Waals surface area contributed by atoms with Crippen LogP contribution in [0.5, 0.6) is 5.75 Å². The number of pyridine rings is 1. The maximum atomic E-state index is 14.5. The minimum absolute atomic E-state index is 0.0936. The van der Waals surface area contributed by atoms with Crippen molar-refractivity contribution < 1.29 is 41.0 Å². The predicted molar refractivity (Wildman–Crippen MR) is 129 cm³/mol. The number of halogens is 5. The zero-order valence-electron chi connectivity index (χ0n) is 21.7. The number of benzene rings is 1. The van der Waals surface area contributed by atoms with Crippen molar-refractivity contribution in [2.75, 3.05) is 45.0 Å². The Morgan fingerprint density at radius 1 is 1.18 bits per heavy atom. The van der Waals surface area contributed by atoms with Crippen LogP contribution >= 0.6 is 0 Å². The summed E-state index contributed by atoms with van der Waals surface area (Å²) in [6, 6.07) is 4.61. The topological polar surface area (TPSA) is 84.0 Å². The number of amides is 2. The molecule has 208 valence electrons. The zero-order chi connectivity index (χ0) is 28.6. The number of ether oxygens (including phenoxy) is 2. The molecule has 8 nitrogen and oxygen atoms in total. The highest BCUT2D eigenvalue weighted by Gasteiger charge is 2.65. The molecule has 0 aliphatic carbocycles. The maximum absolute atomic E-state index is 14.5. The van der Waals surface area contributed by atoms with Gasteiger partial charge in [-0.25, -0.2) is 9.37 Å². The van der Waals surface area contributed by atoms with Crippen molar-refractivity contribution in [2.24, 2.45) is 5.92 Å². The molecule has 0 bridgehead atoms. The normalized spacial score (nSPS) is 23.4. The Bertz CT molecular complexity index is 1210. The van der Waals surface area contributed by atoms with Gasteiger partial charge in [0.1, 0.15) is 11.9 Å². The molecule has 2 aromatic rings. The van der Waals surface area contributed by atoms with Gasteiger partial charge in [-0.2, -0.15) is 17.6 Å². The smallest absolute Gasteiger partial charge is 0.417 e. The van der Waals surface area contributed by atoms with Crippen molar-refractivity contribution in [3.05, 3.63) is 47.7 Å². The molecule has 3 rings (SSSR count). The zero-order valence-corrected chi connectivity index (χ0v) is 21.7. The number of methoxy groups -OCH3 is 1. The first-order valence-electron chi connectivity index (χ1n) is 11.6. The van der Waals surface area contributed by atoms with E-state index in [1.165, 1.54) is 37.2 Å². The van der Waals surface area contributed by atoms with Gasteiger partial charge in [-0.1, -0.05) is 13.0 Å². The lowest BCUT2D eigenvalue weighted by molar-refractivity contribution is -0.272. The Balaban J connectivity index is 1.99. The average molecular weight is 545 g/mol. The molecule has 1 aromatic carbocycles. The van der Waals surface area contributed by atoms with E-state index in [1.807, 2.05) is 0 Å². The van der Waals surface area contributed by atoms with E-state index in [4.69, 9.17) is 9.47 Å². The Morgan fingerprint density at radius 2 is 1.84 bits per heavy atom. The summed E-state index contributed by atoms with van der Waals surface area (Å²) < 4.78 is 81.0. The third-order valence-electron chi connectivity index (χ3n) is 6.75. The van der Waals surface area contributed by atoms with Crippen molar-refractivity contribution in [3.8, 4) is 5.75 Å². The van der Waals surface area contributed by atoms with Crippen LogP contribution in [-0.2, 0) is 14.3 Å². The molecule has 38 heavy (non-hydrogen) atoms. The highest BCUT2D eigenvalue weighted by molar-refractivity contribution is 5.97. The van der Waals surface area contributed by atoms with Gasteiger partial charge in [0.05, 0.1) is 13.7 Å². The van der Waals surface area contributed by atoms with Gasteiger partial charge in [-0.3, -0.25) is 14.5 Å². The molecule has 2 amide bonds. The number of nitrogens with zero attached hydrogens (tertiary/aromatic N) is 3. The maximum Gasteiger partial charge on any atom is 0.417 e. The number of carbonyl (C=O) groups is 2. The van der Waals surface area contributed by atoms with Crippen LogP contribution in [0.4, 0.5) is 33.5 Å². The van der Waals surface area contributed by atoms with Crippen molar-refractivity contribution in [2.45, 2.75) is 37.6 Å². The van der Waals surface area contributed by atoms with Gasteiger partial charge in [0, 0.05) is 42.4 Å². The van der Waals surface area contributed by atoms with Crippen LogP contribution < -0.4 is 15.0 Å². The summed E-state index contributed by atoms with van der Waals surface area (Å²) in [4.78, 5) is 32.8. The SMILES string of the molecule is COc1c([C@H]2[C@H](C(=O)Nc3ccnc(N(C)C(=O)CN(C)C)c3)O[C@@](C)(C(F)(F)F)[C@H]2C)ccc(F)c1F. The molecule has 1 fully saturated rings. The van der Waals surface area contributed by atoms with E-state index in [-0.39, 0.29) is 29.5 Å². The monoisotopic (exact) mass is 544 g/mol. The molecule has 0 radical (unpaired) electrons. The second kappa shape index (κ2) is 10.8. The van der Waals surface area contributed by atoms with E-state index in [1.54, 1.807) is 19.0 Å². The number of likely N-dealkylation sites (N-methyl/N-ethyl adjacent to an activating group) is 2. The lowest BCUT2D eigenvalue weighted by Gasteiger charge is -2.32. The van der Waals surface area contributed by atoms with Crippen LogP contribution in [0.2, 0.25) is 0 Å². The first-order chi connectivity index (χ1) is 17.6. The number of anilines is 2. The van der Waals surface area contributed by atoms with Crippen molar-refractivity contribution in [1.29, 1.82) is 0 Å². The van der Waals surface area contributed by atoms with Crippen LogP contribution in [-0.4, -0.2) is 74.4 Å². The van der Waals surface area contributed by atoms with E-state index in [2.05, 4.69) is 10.3 Å². The Labute approximate surface area is 216 Å². The standard InChI is InChI=1S/C25H29F5N4O4/c1-13-19(15-7-8-16(26)20(27)21(15)37-6)22(38-24(13,2)25(28,29)30)23(36)32-14-9-10-31-17(11-14)34(5)18(35)12-33(3)4/h7-11,13,19,22H,12H2,1-6H3,(H,31,32,36)/t13-,19-,22+,24+/m0/s1. The third-order valence-corrected chi connectivity index (χ3v) is 6.75. The highest BCUT2D eigenvalue weighted by Crippen LogP contribution is 2.55. The minimum Gasteiger partial charge on any atom is -0.493 e. The number of alkyl halides is 3. The van der Waals surface area contributed by atoms with Crippen LogP contribution in [0.1, 0.15) is 25.3 Å². The molecule has 1 saturated heterocycles. The van der Waals surface area contributed by atoms with Crippen LogP contribution in [0.3, 0.4) is 0 Å². The number of carbonyl (C=O) groups excluding carboxylic acids is 2. The van der Waals surface area contributed by atoms with Gasteiger partial charge >= 0.3 is 6.18 Å². The molecule has 0 spiro atoms. The number of hydrogen-bond acceptors (Lipinski definition) is 6.